The van der Waals surface area contributed by atoms with Gasteiger partial charge in [-0.15, -0.1) is 0 Å². The van der Waals surface area contributed by atoms with E-state index in [1.165, 1.54) is 5.69 Å². The Kier molecular flexibility index (Phi) is 6.35. The number of rotatable bonds is 6. The van der Waals surface area contributed by atoms with Crippen LogP contribution in [0.5, 0.6) is 5.75 Å². The SMILES string of the molecule is Cc1cc(C)cc(OCCC(=O)Nc2ccc(N3CCN(C)CC3)cc2)c1. The van der Waals surface area contributed by atoms with Crippen LogP contribution in [0.2, 0.25) is 0 Å². The summed E-state index contributed by atoms with van der Waals surface area (Å²) < 4.78 is 5.71. The van der Waals surface area contributed by atoms with Gasteiger partial charge in [0.15, 0.2) is 0 Å². The van der Waals surface area contributed by atoms with Crippen LogP contribution in [0.25, 0.3) is 0 Å². The molecule has 0 aromatic heterocycles. The molecule has 1 heterocycles. The Morgan fingerprint density at radius 2 is 1.63 bits per heavy atom. The Morgan fingerprint density at radius 1 is 1.00 bits per heavy atom. The van der Waals surface area contributed by atoms with Crippen molar-refractivity contribution in [3.8, 4) is 5.75 Å². The lowest BCUT2D eigenvalue weighted by atomic mass is 10.1. The number of amides is 1. The van der Waals surface area contributed by atoms with Crippen molar-refractivity contribution in [3.63, 3.8) is 0 Å². The van der Waals surface area contributed by atoms with Gasteiger partial charge in [0.1, 0.15) is 5.75 Å². The molecule has 0 atom stereocenters. The monoisotopic (exact) mass is 367 g/mol. The number of hydrogen-bond donors (Lipinski definition) is 1. The second kappa shape index (κ2) is 8.91. The van der Waals surface area contributed by atoms with Gasteiger partial charge in [0.05, 0.1) is 13.0 Å². The molecule has 1 aliphatic heterocycles. The average molecular weight is 367 g/mol. The first-order valence-corrected chi connectivity index (χ1v) is 9.54. The van der Waals surface area contributed by atoms with Crippen molar-refractivity contribution in [2.75, 3.05) is 50.1 Å². The maximum atomic E-state index is 12.2. The fourth-order valence-corrected chi connectivity index (χ4v) is 3.32. The summed E-state index contributed by atoms with van der Waals surface area (Å²) in [7, 11) is 2.15. The minimum atomic E-state index is -0.0354. The maximum Gasteiger partial charge on any atom is 0.227 e. The fourth-order valence-electron chi connectivity index (χ4n) is 3.32. The smallest absolute Gasteiger partial charge is 0.227 e. The highest BCUT2D eigenvalue weighted by Crippen LogP contribution is 2.20. The molecule has 1 amide bonds. The molecule has 5 heteroatoms. The zero-order valence-corrected chi connectivity index (χ0v) is 16.5. The number of ether oxygens (including phenoxy) is 1. The molecule has 5 nitrogen and oxygen atoms in total. The number of anilines is 2. The molecule has 0 unspecified atom stereocenters. The number of hydrogen-bond acceptors (Lipinski definition) is 4. The molecule has 2 aromatic rings. The number of likely N-dealkylation sites (N-methyl/N-ethyl adjacent to an activating group) is 1. The maximum absolute atomic E-state index is 12.2. The van der Waals surface area contributed by atoms with Crippen LogP contribution in [0.4, 0.5) is 11.4 Å². The first-order chi connectivity index (χ1) is 13.0. The number of piperazine rings is 1. The lowest BCUT2D eigenvalue weighted by molar-refractivity contribution is -0.116. The van der Waals surface area contributed by atoms with E-state index >= 15 is 0 Å². The highest BCUT2D eigenvalue weighted by atomic mass is 16.5. The van der Waals surface area contributed by atoms with Gasteiger partial charge < -0.3 is 19.9 Å². The van der Waals surface area contributed by atoms with Gasteiger partial charge in [-0.1, -0.05) is 6.07 Å². The number of nitrogens with zero attached hydrogens (tertiary/aromatic N) is 2. The highest BCUT2D eigenvalue weighted by molar-refractivity contribution is 5.90. The summed E-state index contributed by atoms with van der Waals surface area (Å²) in [4.78, 5) is 16.9. The molecule has 0 bridgehead atoms. The molecule has 3 rings (SSSR count). The van der Waals surface area contributed by atoms with E-state index < -0.39 is 0 Å². The van der Waals surface area contributed by atoms with Crippen LogP contribution in [0, 0.1) is 13.8 Å². The number of carbonyl (C=O) groups excluding carboxylic acids is 1. The molecule has 1 fully saturated rings. The third-order valence-electron chi connectivity index (χ3n) is 4.81. The largest absolute Gasteiger partial charge is 0.493 e. The first-order valence-electron chi connectivity index (χ1n) is 9.54. The molecule has 0 radical (unpaired) electrons. The third-order valence-corrected chi connectivity index (χ3v) is 4.81. The first kappa shape index (κ1) is 19.2. The van der Waals surface area contributed by atoms with E-state index in [0.717, 1.165) is 48.7 Å². The van der Waals surface area contributed by atoms with Crippen molar-refractivity contribution < 1.29 is 9.53 Å². The Hall–Kier alpha value is -2.53. The van der Waals surface area contributed by atoms with E-state index in [0.29, 0.717) is 13.0 Å². The quantitative estimate of drug-likeness (QED) is 0.849. The molecule has 144 valence electrons. The molecule has 0 saturated carbocycles. The van der Waals surface area contributed by atoms with Crippen LogP contribution < -0.4 is 15.0 Å². The van der Waals surface area contributed by atoms with Gasteiger partial charge in [0, 0.05) is 37.6 Å². The van der Waals surface area contributed by atoms with E-state index in [2.05, 4.69) is 40.4 Å². The molecular weight excluding hydrogens is 338 g/mol. The molecule has 27 heavy (non-hydrogen) atoms. The molecule has 1 saturated heterocycles. The summed E-state index contributed by atoms with van der Waals surface area (Å²) in [6, 6.07) is 14.2. The van der Waals surface area contributed by atoms with Crippen molar-refractivity contribution in [1.29, 1.82) is 0 Å². The van der Waals surface area contributed by atoms with Crippen LogP contribution in [0.15, 0.2) is 42.5 Å². The van der Waals surface area contributed by atoms with E-state index in [4.69, 9.17) is 4.74 Å². The van der Waals surface area contributed by atoms with Gasteiger partial charge in [-0.3, -0.25) is 4.79 Å². The summed E-state index contributed by atoms with van der Waals surface area (Å²) in [5.41, 5.74) is 4.35. The van der Waals surface area contributed by atoms with Gasteiger partial charge in [-0.2, -0.15) is 0 Å². The molecule has 1 N–H and O–H groups in total. The van der Waals surface area contributed by atoms with Crippen molar-refractivity contribution in [3.05, 3.63) is 53.6 Å². The van der Waals surface area contributed by atoms with Crippen molar-refractivity contribution in [2.24, 2.45) is 0 Å². The lowest BCUT2D eigenvalue weighted by Gasteiger charge is -2.34. The number of aryl methyl sites for hydroxylation is 2. The number of carbonyl (C=O) groups is 1. The van der Waals surface area contributed by atoms with Crippen LogP contribution in [0.3, 0.4) is 0 Å². The Bertz CT molecular complexity index is 745. The van der Waals surface area contributed by atoms with Crippen LogP contribution in [0.1, 0.15) is 17.5 Å². The molecular formula is C22H29N3O2. The standard InChI is InChI=1S/C22H29N3O2/c1-17-14-18(2)16-21(15-17)27-13-8-22(26)23-19-4-6-20(7-5-19)25-11-9-24(3)10-12-25/h4-7,14-16H,8-13H2,1-3H3,(H,23,26). The van der Waals surface area contributed by atoms with Gasteiger partial charge in [-0.05, 0) is 68.4 Å². The highest BCUT2D eigenvalue weighted by Gasteiger charge is 2.14. The van der Waals surface area contributed by atoms with Crippen LogP contribution in [-0.2, 0) is 4.79 Å². The Balaban J connectivity index is 1.45. The van der Waals surface area contributed by atoms with E-state index in [1.54, 1.807) is 0 Å². The van der Waals surface area contributed by atoms with Gasteiger partial charge in [-0.25, -0.2) is 0 Å². The third kappa shape index (κ3) is 5.73. The van der Waals surface area contributed by atoms with Crippen LogP contribution >= 0.6 is 0 Å². The van der Waals surface area contributed by atoms with E-state index in [1.807, 2.05) is 38.1 Å². The number of benzene rings is 2. The van der Waals surface area contributed by atoms with Crippen molar-refractivity contribution in [1.82, 2.24) is 4.90 Å². The van der Waals surface area contributed by atoms with Crippen molar-refractivity contribution in [2.45, 2.75) is 20.3 Å². The molecule has 0 spiro atoms. The van der Waals surface area contributed by atoms with Crippen LogP contribution in [-0.4, -0.2) is 50.6 Å². The second-order valence-electron chi connectivity index (χ2n) is 7.31. The Morgan fingerprint density at radius 3 is 2.26 bits per heavy atom. The zero-order valence-electron chi connectivity index (χ0n) is 16.5. The molecule has 0 aliphatic carbocycles. The van der Waals surface area contributed by atoms with E-state index in [9.17, 15) is 4.79 Å². The summed E-state index contributed by atoms with van der Waals surface area (Å²) in [5, 5.41) is 2.94. The molecule has 1 aliphatic rings. The second-order valence-corrected chi connectivity index (χ2v) is 7.31. The minimum Gasteiger partial charge on any atom is -0.493 e. The van der Waals surface area contributed by atoms with E-state index in [-0.39, 0.29) is 5.91 Å². The topological polar surface area (TPSA) is 44.8 Å². The minimum absolute atomic E-state index is 0.0354. The predicted octanol–water partition coefficient (Wildman–Crippen LogP) is 3.46. The van der Waals surface area contributed by atoms with Crippen molar-refractivity contribution >= 4 is 17.3 Å². The van der Waals surface area contributed by atoms with Gasteiger partial charge >= 0.3 is 0 Å². The molecule has 2 aromatic carbocycles. The average Bonchev–Trinajstić information content (AvgIpc) is 2.62. The number of nitrogens with one attached hydrogen (secondary N) is 1. The predicted molar refractivity (Wildman–Crippen MR) is 111 cm³/mol. The summed E-state index contributed by atoms with van der Waals surface area (Å²) in [6.45, 7) is 8.69. The summed E-state index contributed by atoms with van der Waals surface area (Å²) >= 11 is 0. The Labute approximate surface area is 161 Å². The summed E-state index contributed by atoms with van der Waals surface area (Å²) in [6.07, 6.45) is 0.327. The fraction of sp³-hybridized carbons (Fsp3) is 0.409. The lowest BCUT2D eigenvalue weighted by Crippen LogP contribution is -2.44. The normalized spacial score (nSPS) is 14.9. The zero-order chi connectivity index (χ0) is 19.2. The van der Waals surface area contributed by atoms with Gasteiger partial charge in [0.25, 0.3) is 0 Å². The van der Waals surface area contributed by atoms with Gasteiger partial charge in [0.2, 0.25) is 5.91 Å². The summed E-state index contributed by atoms with van der Waals surface area (Å²) in [5.74, 6) is 0.781.